The Balaban J connectivity index is 1.66. The Hall–Kier alpha value is -3.15. The van der Waals surface area contributed by atoms with Gasteiger partial charge in [0.1, 0.15) is 0 Å². The lowest BCUT2D eigenvalue weighted by molar-refractivity contribution is -0.115. The smallest absolute Gasteiger partial charge is 0.272 e. The highest BCUT2D eigenvalue weighted by Crippen LogP contribution is 2.21. The number of aromatic nitrogens is 2. The van der Waals surface area contributed by atoms with E-state index in [1.807, 2.05) is 57.2 Å². The van der Waals surface area contributed by atoms with Crippen molar-refractivity contribution >= 4 is 28.4 Å². The summed E-state index contributed by atoms with van der Waals surface area (Å²) in [6.07, 6.45) is 0. The van der Waals surface area contributed by atoms with Gasteiger partial charge in [0.2, 0.25) is 5.91 Å². The van der Waals surface area contributed by atoms with Gasteiger partial charge >= 0.3 is 0 Å². The van der Waals surface area contributed by atoms with E-state index >= 15 is 0 Å². The maximum Gasteiger partial charge on any atom is 0.272 e. The molecule has 6 heteroatoms. The van der Waals surface area contributed by atoms with Gasteiger partial charge < -0.3 is 10.6 Å². The van der Waals surface area contributed by atoms with E-state index in [1.165, 1.54) is 0 Å². The molecule has 128 valence electrons. The number of H-pyrrole nitrogens is 1. The topological polar surface area (TPSA) is 86.9 Å². The number of aromatic amines is 1. The van der Waals surface area contributed by atoms with E-state index in [4.69, 9.17) is 0 Å². The fourth-order valence-corrected chi connectivity index (χ4v) is 2.94. The van der Waals surface area contributed by atoms with E-state index in [0.717, 1.165) is 33.3 Å². The van der Waals surface area contributed by atoms with Crippen molar-refractivity contribution in [3.63, 3.8) is 0 Å². The molecule has 0 saturated heterocycles. The first kappa shape index (κ1) is 16.7. The van der Waals surface area contributed by atoms with Crippen molar-refractivity contribution in [2.45, 2.75) is 20.8 Å². The summed E-state index contributed by atoms with van der Waals surface area (Å²) in [4.78, 5) is 24.5. The lowest BCUT2D eigenvalue weighted by atomic mass is 10.1. The lowest BCUT2D eigenvalue weighted by Gasteiger charge is -2.13. The summed E-state index contributed by atoms with van der Waals surface area (Å²) < 4.78 is 0. The van der Waals surface area contributed by atoms with Crippen LogP contribution in [-0.4, -0.2) is 28.6 Å². The summed E-state index contributed by atoms with van der Waals surface area (Å²) >= 11 is 0. The largest absolute Gasteiger partial charge is 0.342 e. The van der Waals surface area contributed by atoms with Crippen LogP contribution in [0, 0.1) is 20.8 Å². The number of carbonyl (C=O) groups is 2. The van der Waals surface area contributed by atoms with Crippen LogP contribution in [0.1, 0.15) is 27.2 Å². The number of benzene rings is 2. The average molecular weight is 336 g/mol. The number of anilines is 1. The van der Waals surface area contributed by atoms with Crippen molar-refractivity contribution in [2.75, 3.05) is 11.9 Å². The molecule has 3 N–H and O–H groups in total. The molecule has 0 saturated carbocycles. The van der Waals surface area contributed by atoms with Crippen molar-refractivity contribution in [1.82, 2.24) is 15.5 Å². The number of amides is 2. The van der Waals surface area contributed by atoms with Crippen LogP contribution >= 0.6 is 0 Å². The zero-order chi connectivity index (χ0) is 18.0. The van der Waals surface area contributed by atoms with Gasteiger partial charge in [-0.1, -0.05) is 35.9 Å². The molecule has 0 aliphatic heterocycles. The molecule has 0 aliphatic carbocycles. The first-order chi connectivity index (χ1) is 12.0. The van der Waals surface area contributed by atoms with Crippen molar-refractivity contribution in [3.05, 3.63) is 58.8 Å². The first-order valence-corrected chi connectivity index (χ1v) is 8.04. The molecule has 0 fully saturated rings. The van der Waals surface area contributed by atoms with Crippen LogP contribution in [0.5, 0.6) is 0 Å². The molecular formula is C19H20N4O2. The highest BCUT2D eigenvalue weighted by Gasteiger charge is 2.15. The summed E-state index contributed by atoms with van der Waals surface area (Å²) in [6.45, 7) is 5.79. The summed E-state index contributed by atoms with van der Waals surface area (Å²) in [7, 11) is 0. The van der Waals surface area contributed by atoms with Crippen LogP contribution in [0.2, 0.25) is 0 Å². The van der Waals surface area contributed by atoms with Crippen LogP contribution in [0.15, 0.2) is 36.4 Å². The molecule has 0 aliphatic rings. The van der Waals surface area contributed by atoms with Gasteiger partial charge in [-0.3, -0.25) is 14.7 Å². The second-order valence-corrected chi connectivity index (χ2v) is 6.12. The van der Waals surface area contributed by atoms with Crippen molar-refractivity contribution in [3.8, 4) is 0 Å². The standard InChI is InChI=1S/C19H20N4O2/c1-11-8-12(2)17(13(3)9-11)21-16(24)10-20-19(25)18-14-6-4-5-7-15(14)22-23-18/h4-9H,10H2,1-3H3,(H,20,25)(H,21,24)(H,22,23). The van der Waals surface area contributed by atoms with Crippen LogP contribution in [-0.2, 0) is 4.79 Å². The summed E-state index contributed by atoms with van der Waals surface area (Å²) in [5.74, 6) is -0.659. The fraction of sp³-hybridized carbons (Fsp3) is 0.211. The molecule has 0 bridgehead atoms. The second-order valence-electron chi connectivity index (χ2n) is 6.12. The molecule has 3 aromatic rings. The van der Waals surface area contributed by atoms with E-state index < -0.39 is 0 Å². The van der Waals surface area contributed by atoms with E-state index in [-0.39, 0.29) is 24.1 Å². The van der Waals surface area contributed by atoms with Gasteiger partial charge in [-0.15, -0.1) is 0 Å². The number of hydrogen-bond donors (Lipinski definition) is 3. The number of nitrogens with zero attached hydrogens (tertiary/aromatic N) is 1. The van der Waals surface area contributed by atoms with Crippen molar-refractivity contribution in [1.29, 1.82) is 0 Å². The summed E-state index contributed by atoms with van der Waals surface area (Å²) in [5.41, 5.74) is 4.99. The Morgan fingerprint density at radius 1 is 1.08 bits per heavy atom. The third-order valence-corrected chi connectivity index (χ3v) is 4.04. The Morgan fingerprint density at radius 2 is 1.76 bits per heavy atom. The van der Waals surface area contributed by atoms with Gasteiger partial charge in [0.05, 0.1) is 12.1 Å². The van der Waals surface area contributed by atoms with Crippen LogP contribution in [0.3, 0.4) is 0 Å². The molecule has 1 aromatic heterocycles. The maximum absolute atomic E-state index is 12.3. The van der Waals surface area contributed by atoms with E-state index in [0.29, 0.717) is 0 Å². The molecule has 2 aromatic carbocycles. The molecule has 3 rings (SSSR count). The molecule has 0 spiro atoms. The number of aryl methyl sites for hydroxylation is 3. The first-order valence-electron chi connectivity index (χ1n) is 8.04. The Morgan fingerprint density at radius 3 is 2.48 bits per heavy atom. The van der Waals surface area contributed by atoms with Gasteiger partial charge in [0.15, 0.2) is 5.69 Å². The third kappa shape index (κ3) is 3.52. The minimum Gasteiger partial charge on any atom is -0.342 e. The quantitative estimate of drug-likeness (QED) is 0.685. The minimum atomic E-state index is -0.384. The van der Waals surface area contributed by atoms with Gasteiger partial charge in [0, 0.05) is 11.1 Å². The lowest BCUT2D eigenvalue weighted by Crippen LogP contribution is -2.33. The summed E-state index contributed by atoms with van der Waals surface area (Å²) in [5, 5.41) is 13.0. The van der Waals surface area contributed by atoms with E-state index in [2.05, 4.69) is 20.8 Å². The zero-order valence-corrected chi connectivity index (χ0v) is 14.4. The number of carbonyl (C=O) groups excluding carboxylic acids is 2. The van der Waals surface area contributed by atoms with E-state index in [1.54, 1.807) is 0 Å². The fourth-order valence-electron chi connectivity index (χ4n) is 2.94. The van der Waals surface area contributed by atoms with Gasteiger partial charge in [0.25, 0.3) is 5.91 Å². The number of hydrogen-bond acceptors (Lipinski definition) is 3. The Bertz CT molecular complexity index is 936. The number of para-hydroxylation sites is 1. The van der Waals surface area contributed by atoms with Crippen molar-refractivity contribution < 1.29 is 9.59 Å². The highest BCUT2D eigenvalue weighted by atomic mass is 16.2. The predicted octanol–water partition coefficient (Wildman–Crippen LogP) is 2.86. The average Bonchev–Trinajstić information content (AvgIpc) is 3.00. The maximum atomic E-state index is 12.3. The van der Waals surface area contributed by atoms with E-state index in [9.17, 15) is 9.59 Å². The molecule has 6 nitrogen and oxygen atoms in total. The monoisotopic (exact) mass is 336 g/mol. The minimum absolute atomic E-state index is 0.118. The highest BCUT2D eigenvalue weighted by molar-refractivity contribution is 6.06. The number of nitrogens with one attached hydrogen (secondary N) is 3. The molecule has 2 amide bonds. The Kier molecular flexibility index (Phi) is 4.52. The van der Waals surface area contributed by atoms with Crippen molar-refractivity contribution in [2.24, 2.45) is 0 Å². The van der Waals surface area contributed by atoms with Gasteiger partial charge in [-0.25, -0.2) is 0 Å². The molecule has 25 heavy (non-hydrogen) atoms. The van der Waals surface area contributed by atoms with Gasteiger partial charge in [-0.2, -0.15) is 5.10 Å². The molecule has 0 unspecified atom stereocenters. The normalized spacial score (nSPS) is 10.7. The van der Waals surface area contributed by atoms with Gasteiger partial charge in [-0.05, 0) is 38.0 Å². The predicted molar refractivity (Wildman–Crippen MR) is 97.7 cm³/mol. The Labute approximate surface area is 145 Å². The number of rotatable bonds is 4. The summed E-state index contributed by atoms with van der Waals surface area (Å²) in [6, 6.07) is 11.4. The molecular weight excluding hydrogens is 316 g/mol. The zero-order valence-electron chi connectivity index (χ0n) is 14.4. The number of fused-ring (bicyclic) bond motifs is 1. The molecule has 0 atom stereocenters. The SMILES string of the molecule is Cc1cc(C)c(NC(=O)CNC(=O)c2n[nH]c3ccccc23)c(C)c1. The molecule has 1 heterocycles. The van der Waals surface area contributed by atoms with Crippen LogP contribution < -0.4 is 10.6 Å². The second kappa shape index (κ2) is 6.76. The molecule has 0 radical (unpaired) electrons. The third-order valence-electron chi connectivity index (χ3n) is 4.04. The van der Waals surface area contributed by atoms with Crippen LogP contribution in [0.25, 0.3) is 10.9 Å². The van der Waals surface area contributed by atoms with Crippen LogP contribution in [0.4, 0.5) is 5.69 Å².